The zero-order valence-corrected chi connectivity index (χ0v) is 9.82. The third-order valence-corrected chi connectivity index (χ3v) is 3.41. The summed E-state index contributed by atoms with van der Waals surface area (Å²) in [7, 11) is 0. The van der Waals surface area contributed by atoms with Crippen molar-refractivity contribution in [2.75, 3.05) is 18.0 Å². The number of rotatable bonds is 1. The molecule has 4 rings (SSSR count). The molecule has 0 bridgehead atoms. The van der Waals surface area contributed by atoms with Gasteiger partial charge in [0, 0.05) is 13.1 Å². The Hall–Kier alpha value is -2.24. The van der Waals surface area contributed by atoms with Gasteiger partial charge in [0.2, 0.25) is 5.65 Å². The molecule has 3 heterocycles. The Bertz CT molecular complexity index is 713. The van der Waals surface area contributed by atoms with Crippen LogP contribution >= 0.6 is 0 Å². The van der Waals surface area contributed by atoms with Gasteiger partial charge in [-0.3, -0.25) is 0 Å². The largest absolute Gasteiger partial charge is 0.353 e. The molecule has 18 heavy (non-hydrogen) atoms. The number of para-hydroxylation sites is 2. The molecule has 0 radical (unpaired) electrons. The van der Waals surface area contributed by atoms with Crippen molar-refractivity contribution in [2.45, 2.75) is 12.8 Å². The van der Waals surface area contributed by atoms with E-state index >= 15 is 0 Å². The average molecular weight is 240 g/mol. The predicted molar refractivity (Wildman–Crippen MR) is 67.5 cm³/mol. The van der Waals surface area contributed by atoms with Crippen LogP contribution < -0.4 is 4.90 Å². The van der Waals surface area contributed by atoms with Crippen molar-refractivity contribution >= 4 is 22.5 Å². The molecule has 0 spiro atoms. The summed E-state index contributed by atoms with van der Waals surface area (Å²) in [6.07, 6.45) is 2.42. The van der Waals surface area contributed by atoms with E-state index in [0.29, 0.717) is 0 Å². The van der Waals surface area contributed by atoms with Crippen LogP contribution in [0.15, 0.2) is 24.3 Å². The van der Waals surface area contributed by atoms with Gasteiger partial charge in [-0.05, 0) is 35.4 Å². The van der Waals surface area contributed by atoms with Gasteiger partial charge in [0.05, 0.1) is 11.0 Å². The van der Waals surface area contributed by atoms with Crippen molar-refractivity contribution in [3.05, 3.63) is 24.3 Å². The minimum absolute atomic E-state index is 0.746. The summed E-state index contributed by atoms with van der Waals surface area (Å²) in [4.78, 5) is 6.98. The van der Waals surface area contributed by atoms with E-state index in [2.05, 4.69) is 20.4 Å². The van der Waals surface area contributed by atoms with Crippen LogP contribution in [0.2, 0.25) is 0 Å². The van der Waals surface area contributed by atoms with Crippen LogP contribution in [0, 0.1) is 0 Å². The summed E-state index contributed by atoms with van der Waals surface area (Å²) < 4.78 is 1.77. The fourth-order valence-electron chi connectivity index (χ4n) is 2.53. The smallest absolute Gasteiger partial charge is 0.222 e. The summed E-state index contributed by atoms with van der Waals surface area (Å²) in [5.74, 6) is 0.899. The van der Waals surface area contributed by atoms with Gasteiger partial charge in [0.1, 0.15) is 0 Å². The highest BCUT2D eigenvalue weighted by Crippen LogP contribution is 2.24. The molecule has 0 amide bonds. The highest BCUT2D eigenvalue weighted by molar-refractivity contribution is 5.82. The Kier molecular flexibility index (Phi) is 1.97. The van der Waals surface area contributed by atoms with Gasteiger partial charge in [-0.1, -0.05) is 12.1 Å². The van der Waals surface area contributed by atoms with Gasteiger partial charge in [0.15, 0.2) is 5.82 Å². The van der Waals surface area contributed by atoms with Crippen molar-refractivity contribution < 1.29 is 0 Å². The van der Waals surface area contributed by atoms with Crippen molar-refractivity contribution in [3.63, 3.8) is 0 Å². The molecule has 1 fully saturated rings. The fraction of sp³-hybridized carbons (Fsp3) is 0.333. The lowest BCUT2D eigenvalue weighted by Gasteiger charge is -2.16. The van der Waals surface area contributed by atoms with Gasteiger partial charge in [-0.2, -0.15) is 4.52 Å². The van der Waals surface area contributed by atoms with E-state index in [4.69, 9.17) is 4.98 Å². The maximum atomic E-state index is 4.72. The SMILES string of the molecule is c1ccc2c(c1)nc(N1CCCC1)c1nnnn12. The van der Waals surface area contributed by atoms with Crippen molar-refractivity contribution in [2.24, 2.45) is 0 Å². The van der Waals surface area contributed by atoms with Crippen LogP contribution in [0.4, 0.5) is 5.82 Å². The third-order valence-electron chi connectivity index (χ3n) is 3.41. The van der Waals surface area contributed by atoms with E-state index in [1.165, 1.54) is 12.8 Å². The molecule has 0 saturated carbocycles. The molecule has 1 aliphatic rings. The summed E-state index contributed by atoms with van der Waals surface area (Å²) >= 11 is 0. The third kappa shape index (κ3) is 1.28. The first kappa shape index (κ1) is 9.76. The van der Waals surface area contributed by atoms with E-state index in [1.54, 1.807) is 4.52 Å². The van der Waals surface area contributed by atoms with Crippen LogP contribution in [0.3, 0.4) is 0 Å². The Morgan fingerprint density at radius 3 is 2.78 bits per heavy atom. The highest BCUT2D eigenvalue weighted by Gasteiger charge is 2.19. The van der Waals surface area contributed by atoms with Gasteiger partial charge >= 0.3 is 0 Å². The number of anilines is 1. The van der Waals surface area contributed by atoms with Gasteiger partial charge in [-0.25, -0.2) is 4.98 Å². The van der Waals surface area contributed by atoms with Gasteiger partial charge in [0.25, 0.3) is 0 Å². The lowest BCUT2D eigenvalue weighted by Crippen LogP contribution is -2.20. The number of hydrogen-bond acceptors (Lipinski definition) is 5. The first-order valence-corrected chi connectivity index (χ1v) is 6.15. The molecule has 0 atom stereocenters. The number of benzene rings is 1. The number of nitrogens with zero attached hydrogens (tertiary/aromatic N) is 6. The zero-order chi connectivity index (χ0) is 11.9. The summed E-state index contributed by atoms with van der Waals surface area (Å²) in [5.41, 5.74) is 2.62. The molecular weight excluding hydrogens is 228 g/mol. The van der Waals surface area contributed by atoms with Crippen molar-refractivity contribution in [1.29, 1.82) is 0 Å². The molecule has 6 heteroatoms. The zero-order valence-electron chi connectivity index (χ0n) is 9.82. The first-order chi connectivity index (χ1) is 8.93. The summed E-state index contributed by atoms with van der Waals surface area (Å²) in [6, 6.07) is 7.94. The van der Waals surface area contributed by atoms with E-state index in [-0.39, 0.29) is 0 Å². The Morgan fingerprint density at radius 1 is 1.06 bits per heavy atom. The number of fused-ring (bicyclic) bond motifs is 3. The molecule has 1 aromatic carbocycles. The minimum Gasteiger partial charge on any atom is -0.353 e. The number of hydrogen-bond donors (Lipinski definition) is 0. The van der Waals surface area contributed by atoms with Crippen molar-refractivity contribution in [3.8, 4) is 0 Å². The first-order valence-electron chi connectivity index (χ1n) is 6.15. The Labute approximate surface area is 103 Å². The summed E-state index contributed by atoms with van der Waals surface area (Å²) in [5, 5.41) is 12.0. The maximum absolute atomic E-state index is 4.72. The van der Waals surface area contributed by atoms with Crippen LogP contribution in [0.5, 0.6) is 0 Å². The lowest BCUT2D eigenvalue weighted by atomic mass is 10.3. The minimum atomic E-state index is 0.746. The average Bonchev–Trinajstić information content (AvgIpc) is 3.09. The topological polar surface area (TPSA) is 59.2 Å². The van der Waals surface area contributed by atoms with Crippen LogP contribution in [-0.2, 0) is 0 Å². The fourth-order valence-corrected chi connectivity index (χ4v) is 2.53. The number of tetrazole rings is 1. The molecule has 90 valence electrons. The van der Waals surface area contributed by atoms with E-state index in [0.717, 1.165) is 35.6 Å². The molecule has 3 aromatic rings. The van der Waals surface area contributed by atoms with Crippen molar-refractivity contribution in [1.82, 2.24) is 25.0 Å². The lowest BCUT2D eigenvalue weighted by molar-refractivity contribution is 0.839. The monoisotopic (exact) mass is 240 g/mol. The van der Waals surface area contributed by atoms with Crippen LogP contribution in [0.25, 0.3) is 16.7 Å². The normalized spacial score (nSPS) is 15.9. The highest BCUT2D eigenvalue weighted by atomic mass is 15.5. The predicted octanol–water partition coefficient (Wildman–Crippen LogP) is 1.27. The quantitative estimate of drug-likeness (QED) is 0.641. The van der Waals surface area contributed by atoms with Crippen LogP contribution in [-0.4, -0.2) is 38.1 Å². The van der Waals surface area contributed by atoms with E-state index in [1.807, 2.05) is 24.3 Å². The van der Waals surface area contributed by atoms with Gasteiger partial charge in [-0.15, -0.1) is 5.10 Å². The Morgan fingerprint density at radius 2 is 1.89 bits per heavy atom. The molecule has 1 saturated heterocycles. The Balaban J connectivity index is 2.07. The number of aromatic nitrogens is 5. The second-order valence-corrected chi connectivity index (χ2v) is 4.53. The van der Waals surface area contributed by atoms with E-state index < -0.39 is 0 Å². The maximum Gasteiger partial charge on any atom is 0.222 e. The van der Waals surface area contributed by atoms with Gasteiger partial charge < -0.3 is 4.90 Å². The molecule has 6 nitrogen and oxygen atoms in total. The summed E-state index contributed by atoms with van der Waals surface area (Å²) in [6.45, 7) is 2.07. The molecular formula is C12H12N6. The van der Waals surface area contributed by atoms with Crippen LogP contribution in [0.1, 0.15) is 12.8 Å². The standard InChI is InChI=1S/C12H12N6/c1-2-6-10-9(5-1)13-11(17-7-3-4-8-17)12-14-15-16-18(10)12/h1-2,5-6H,3-4,7-8H2. The van der Waals surface area contributed by atoms with E-state index in [9.17, 15) is 0 Å². The molecule has 2 aromatic heterocycles. The second-order valence-electron chi connectivity index (χ2n) is 4.53. The molecule has 1 aliphatic heterocycles. The molecule has 0 unspecified atom stereocenters. The molecule has 0 N–H and O–H groups in total. The second kappa shape index (κ2) is 3.63. The molecule has 0 aliphatic carbocycles.